The molecule has 0 aliphatic heterocycles. The van der Waals surface area contributed by atoms with Crippen molar-refractivity contribution >= 4 is 18.0 Å². The van der Waals surface area contributed by atoms with Crippen LogP contribution in [0.25, 0.3) is 6.08 Å². The Morgan fingerprint density at radius 2 is 1.84 bits per heavy atom. The molecule has 1 aliphatic carbocycles. The zero-order valence-electron chi connectivity index (χ0n) is 15.4. The zero-order valence-corrected chi connectivity index (χ0v) is 15.4. The first-order chi connectivity index (χ1) is 11.8. The number of carbonyl (C=O) groups excluding carboxylic acids is 2. The van der Waals surface area contributed by atoms with E-state index in [-0.39, 0.29) is 23.8 Å². The molecule has 2 N–H and O–H groups in total. The summed E-state index contributed by atoms with van der Waals surface area (Å²) in [7, 11) is 0. The second-order valence-electron chi connectivity index (χ2n) is 7.01. The van der Waals surface area contributed by atoms with E-state index < -0.39 is 5.60 Å². The fourth-order valence-corrected chi connectivity index (χ4v) is 2.83. The van der Waals surface area contributed by atoms with Crippen LogP contribution in [0.2, 0.25) is 0 Å². The van der Waals surface area contributed by atoms with E-state index in [0.717, 1.165) is 11.1 Å². The van der Waals surface area contributed by atoms with Crippen molar-refractivity contribution < 1.29 is 19.1 Å². The lowest BCUT2D eigenvalue weighted by atomic mass is 9.80. The Bertz CT molecular complexity index is 678. The Hall–Kier alpha value is -2.14. The number of rotatable bonds is 6. The van der Waals surface area contributed by atoms with Gasteiger partial charge in [0.2, 0.25) is 0 Å². The third kappa shape index (κ3) is 4.10. The molecule has 1 unspecified atom stereocenters. The van der Waals surface area contributed by atoms with Crippen LogP contribution in [0.1, 0.15) is 51.7 Å². The van der Waals surface area contributed by atoms with Crippen LogP contribution < -0.4 is 10.5 Å². The molecule has 0 fully saturated rings. The third-order valence-corrected chi connectivity index (χ3v) is 4.29. The molecule has 0 saturated heterocycles. The van der Waals surface area contributed by atoms with E-state index in [2.05, 4.69) is 0 Å². The Labute approximate surface area is 149 Å². The highest BCUT2D eigenvalue weighted by molar-refractivity contribution is 5.78. The van der Waals surface area contributed by atoms with E-state index >= 15 is 0 Å². The highest BCUT2D eigenvalue weighted by Gasteiger charge is 2.39. The minimum atomic E-state index is -0.819. The van der Waals surface area contributed by atoms with Gasteiger partial charge in [-0.1, -0.05) is 52.0 Å². The minimum absolute atomic E-state index is 0.226. The van der Waals surface area contributed by atoms with Crippen molar-refractivity contribution in [3.8, 4) is 5.75 Å². The molecule has 0 aromatic heterocycles. The summed E-state index contributed by atoms with van der Waals surface area (Å²) in [5.74, 6) is -0.536. The predicted molar refractivity (Wildman–Crippen MR) is 96.8 cm³/mol. The largest absolute Gasteiger partial charge is 0.454 e. The molecule has 2 rings (SSSR count). The van der Waals surface area contributed by atoms with Crippen LogP contribution in [0.4, 0.5) is 0 Å². The van der Waals surface area contributed by atoms with Crippen LogP contribution in [0.5, 0.6) is 5.75 Å². The van der Waals surface area contributed by atoms with Crippen molar-refractivity contribution in [1.82, 2.24) is 0 Å². The van der Waals surface area contributed by atoms with E-state index in [1.165, 1.54) is 0 Å². The number of hydrogen-bond acceptors (Lipinski definition) is 5. The van der Waals surface area contributed by atoms with Gasteiger partial charge < -0.3 is 15.2 Å². The van der Waals surface area contributed by atoms with E-state index in [1.807, 2.05) is 24.3 Å². The van der Waals surface area contributed by atoms with Crippen LogP contribution in [0.15, 0.2) is 24.3 Å². The highest BCUT2D eigenvalue weighted by Crippen LogP contribution is 2.43. The normalized spacial score (nSPS) is 19.0. The Morgan fingerprint density at radius 1 is 1.16 bits per heavy atom. The number of hydrogen-bond donors (Lipinski definition) is 1. The summed E-state index contributed by atoms with van der Waals surface area (Å²) in [5, 5.41) is 0. The molecule has 0 bridgehead atoms. The number of benzene rings is 1. The number of esters is 2. The van der Waals surface area contributed by atoms with Crippen LogP contribution in [0.3, 0.4) is 0 Å². The molecule has 1 aromatic carbocycles. The molecule has 0 radical (unpaired) electrons. The first kappa shape index (κ1) is 19.2. The van der Waals surface area contributed by atoms with Crippen LogP contribution in [-0.4, -0.2) is 18.5 Å². The maximum atomic E-state index is 12.3. The Balaban J connectivity index is 2.47. The summed E-state index contributed by atoms with van der Waals surface area (Å²) < 4.78 is 11.4. The lowest BCUT2D eigenvalue weighted by molar-refractivity contribution is -0.165. The fourth-order valence-electron chi connectivity index (χ4n) is 2.83. The average molecular weight is 345 g/mol. The number of fused-ring (bicyclic) bond motifs is 1. The van der Waals surface area contributed by atoms with Gasteiger partial charge in [0.1, 0.15) is 11.4 Å². The lowest BCUT2D eigenvalue weighted by Crippen LogP contribution is -2.37. The first-order valence-electron chi connectivity index (χ1n) is 8.75. The van der Waals surface area contributed by atoms with Crippen LogP contribution >= 0.6 is 0 Å². The zero-order chi connectivity index (χ0) is 18.6. The molecule has 1 atom stereocenters. The molecule has 1 aromatic rings. The minimum Gasteiger partial charge on any atom is -0.454 e. The third-order valence-electron chi connectivity index (χ3n) is 4.29. The van der Waals surface area contributed by atoms with Crippen molar-refractivity contribution in [3.05, 3.63) is 35.4 Å². The van der Waals surface area contributed by atoms with Crippen molar-refractivity contribution in [2.75, 3.05) is 6.54 Å². The van der Waals surface area contributed by atoms with Gasteiger partial charge in [-0.05, 0) is 12.6 Å². The number of carbonyl (C=O) groups is 2. The van der Waals surface area contributed by atoms with Gasteiger partial charge in [-0.15, -0.1) is 0 Å². The van der Waals surface area contributed by atoms with Gasteiger partial charge in [-0.25, -0.2) is 0 Å². The molecule has 1 aliphatic rings. The van der Waals surface area contributed by atoms with Gasteiger partial charge in [0.15, 0.2) is 0 Å². The van der Waals surface area contributed by atoms with Gasteiger partial charge in [-0.2, -0.15) is 0 Å². The molecule has 5 heteroatoms. The van der Waals surface area contributed by atoms with Crippen LogP contribution in [-0.2, 0) is 19.9 Å². The van der Waals surface area contributed by atoms with Crippen molar-refractivity contribution in [2.24, 2.45) is 17.6 Å². The maximum Gasteiger partial charge on any atom is 0.313 e. The standard InChI is InChI=1S/C20H27NO4/c1-13(2)18(22)24-17-9-5-8-16-15(17)7-6-10-20(16,11-12-21)25-19(23)14(3)4/h5-9,13-14H,10-12,21H2,1-4H3. The predicted octanol–water partition coefficient (Wildman–Crippen LogP) is 3.41. The molecule has 0 saturated carbocycles. The van der Waals surface area contributed by atoms with Gasteiger partial charge in [-0.3, -0.25) is 9.59 Å². The van der Waals surface area contributed by atoms with Gasteiger partial charge >= 0.3 is 11.9 Å². The monoisotopic (exact) mass is 345 g/mol. The smallest absolute Gasteiger partial charge is 0.313 e. The van der Waals surface area contributed by atoms with Crippen molar-refractivity contribution in [1.29, 1.82) is 0 Å². The molecular formula is C20H27NO4. The summed E-state index contributed by atoms with van der Waals surface area (Å²) >= 11 is 0. The highest BCUT2D eigenvalue weighted by atomic mass is 16.6. The average Bonchev–Trinajstić information content (AvgIpc) is 2.55. The molecule has 5 nitrogen and oxygen atoms in total. The number of nitrogens with two attached hydrogens (primary N) is 1. The summed E-state index contributed by atoms with van der Waals surface area (Å²) in [4.78, 5) is 24.3. The maximum absolute atomic E-state index is 12.3. The van der Waals surface area contributed by atoms with Crippen molar-refractivity contribution in [2.45, 2.75) is 46.1 Å². The molecule has 0 heterocycles. The van der Waals surface area contributed by atoms with Gasteiger partial charge in [0, 0.05) is 24.0 Å². The van der Waals surface area contributed by atoms with E-state index in [4.69, 9.17) is 15.2 Å². The van der Waals surface area contributed by atoms with Crippen LogP contribution in [0, 0.1) is 11.8 Å². The Morgan fingerprint density at radius 3 is 2.44 bits per heavy atom. The summed E-state index contributed by atoms with van der Waals surface area (Å²) in [6, 6.07) is 5.48. The second-order valence-corrected chi connectivity index (χ2v) is 7.01. The van der Waals surface area contributed by atoms with Gasteiger partial charge in [0.05, 0.1) is 11.8 Å². The molecular weight excluding hydrogens is 318 g/mol. The number of ether oxygens (including phenoxy) is 2. The van der Waals surface area contributed by atoms with E-state index in [0.29, 0.717) is 25.1 Å². The molecule has 136 valence electrons. The topological polar surface area (TPSA) is 78.6 Å². The SMILES string of the molecule is CC(C)C(=O)Oc1cccc2c1C=CCC2(CCN)OC(=O)C(C)C. The molecule has 0 spiro atoms. The van der Waals surface area contributed by atoms with E-state index in [1.54, 1.807) is 33.8 Å². The first-order valence-corrected chi connectivity index (χ1v) is 8.75. The lowest BCUT2D eigenvalue weighted by Gasteiger charge is -2.37. The summed E-state index contributed by atoms with van der Waals surface area (Å²) in [5.41, 5.74) is 6.60. The summed E-state index contributed by atoms with van der Waals surface area (Å²) in [6.45, 7) is 7.57. The molecule has 25 heavy (non-hydrogen) atoms. The Kier molecular flexibility index (Phi) is 6.01. The molecule has 0 amide bonds. The fraction of sp³-hybridized carbons (Fsp3) is 0.500. The van der Waals surface area contributed by atoms with E-state index in [9.17, 15) is 9.59 Å². The second kappa shape index (κ2) is 7.83. The quantitative estimate of drug-likeness (QED) is 0.631. The van der Waals surface area contributed by atoms with Gasteiger partial charge in [0.25, 0.3) is 0 Å². The summed E-state index contributed by atoms with van der Waals surface area (Å²) in [6.07, 6.45) is 4.91. The van der Waals surface area contributed by atoms with Crippen molar-refractivity contribution in [3.63, 3.8) is 0 Å².